The van der Waals surface area contributed by atoms with E-state index in [0.29, 0.717) is 15.8 Å². The topological polar surface area (TPSA) is 60.2 Å². The number of aryl methyl sites for hydroxylation is 2. The molecular formula is C15H16ClN3OS. The number of anilines is 2. The van der Waals surface area contributed by atoms with Gasteiger partial charge in [-0.2, -0.15) is 0 Å². The molecule has 1 aromatic heterocycles. The van der Waals surface area contributed by atoms with Crippen molar-refractivity contribution in [3.8, 4) is 5.75 Å². The van der Waals surface area contributed by atoms with Gasteiger partial charge in [-0.1, -0.05) is 23.8 Å². The number of rotatable bonds is 4. The third kappa shape index (κ3) is 3.43. The summed E-state index contributed by atoms with van der Waals surface area (Å²) in [5.74, 6) is 0.624. The van der Waals surface area contributed by atoms with Crippen molar-refractivity contribution in [2.24, 2.45) is 5.73 Å². The van der Waals surface area contributed by atoms with E-state index in [1.54, 1.807) is 19.2 Å². The van der Waals surface area contributed by atoms with Gasteiger partial charge in [0, 0.05) is 17.1 Å². The van der Waals surface area contributed by atoms with Crippen LogP contribution in [0.25, 0.3) is 0 Å². The maximum Gasteiger partial charge on any atom is 0.137 e. The molecular weight excluding hydrogens is 306 g/mol. The number of ether oxygens (including phenoxy) is 1. The first-order valence-corrected chi connectivity index (χ1v) is 7.09. The summed E-state index contributed by atoms with van der Waals surface area (Å²) in [6.45, 7) is 3.80. The Labute approximate surface area is 134 Å². The van der Waals surface area contributed by atoms with E-state index in [4.69, 9.17) is 34.3 Å². The number of nitrogens with two attached hydrogens (primary N) is 1. The van der Waals surface area contributed by atoms with Crippen LogP contribution in [0.4, 0.5) is 11.4 Å². The molecule has 2 rings (SSSR count). The Hall–Kier alpha value is -1.85. The fourth-order valence-corrected chi connectivity index (χ4v) is 2.65. The van der Waals surface area contributed by atoms with E-state index in [2.05, 4.69) is 10.3 Å². The number of hydrogen-bond donors (Lipinski definition) is 2. The number of hydrogen-bond acceptors (Lipinski definition) is 4. The van der Waals surface area contributed by atoms with Crippen molar-refractivity contribution in [2.75, 3.05) is 12.4 Å². The Bertz CT molecular complexity index is 704. The third-order valence-corrected chi connectivity index (χ3v) is 3.51. The summed E-state index contributed by atoms with van der Waals surface area (Å²) >= 11 is 11.2. The largest absolute Gasteiger partial charge is 0.495 e. The number of thiocarbonyl (C=S) groups is 1. The molecule has 4 nitrogen and oxygen atoms in total. The fourth-order valence-electron chi connectivity index (χ4n) is 2.14. The highest BCUT2D eigenvalue weighted by molar-refractivity contribution is 7.80. The Morgan fingerprint density at radius 3 is 2.62 bits per heavy atom. The third-order valence-electron chi connectivity index (χ3n) is 3.01. The molecule has 6 heteroatoms. The lowest BCUT2D eigenvalue weighted by molar-refractivity contribution is 0.415. The zero-order chi connectivity index (χ0) is 15.6. The lowest BCUT2D eigenvalue weighted by atomic mass is 10.1. The number of methoxy groups -OCH3 is 1. The van der Waals surface area contributed by atoms with Crippen LogP contribution >= 0.6 is 23.8 Å². The lowest BCUT2D eigenvalue weighted by Crippen LogP contribution is -2.15. The molecule has 21 heavy (non-hydrogen) atoms. The SMILES string of the molecule is COc1ccc(Nc2cc(C)nc(C)c2C(N)=S)cc1Cl. The van der Waals surface area contributed by atoms with Crippen LogP contribution in [0.15, 0.2) is 24.3 Å². The predicted octanol–water partition coefficient (Wildman–Crippen LogP) is 3.74. The second-order valence-electron chi connectivity index (χ2n) is 4.61. The van der Waals surface area contributed by atoms with Gasteiger partial charge >= 0.3 is 0 Å². The standard InChI is InChI=1S/C15H16ClN3OS/c1-8-6-12(14(15(17)21)9(2)18-8)19-10-4-5-13(20-3)11(16)7-10/h4-7H,1-3H3,(H2,17,21)(H,18,19). The average Bonchev–Trinajstić information content (AvgIpc) is 2.37. The molecule has 2 aromatic rings. The number of halogens is 1. The van der Waals surface area contributed by atoms with E-state index in [9.17, 15) is 0 Å². The second-order valence-corrected chi connectivity index (χ2v) is 5.46. The van der Waals surface area contributed by atoms with E-state index >= 15 is 0 Å². The van der Waals surface area contributed by atoms with Gasteiger partial charge in [0.2, 0.25) is 0 Å². The fraction of sp³-hybridized carbons (Fsp3) is 0.200. The van der Waals surface area contributed by atoms with Crippen molar-refractivity contribution < 1.29 is 4.74 Å². The predicted molar refractivity (Wildman–Crippen MR) is 90.9 cm³/mol. The highest BCUT2D eigenvalue weighted by atomic mass is 35.5. The molecule has 0 bridgehead atoms. The smallest absolute Gasteiger partial charge is 0.137 e. The van der Waals surface area contributed by atoms with Gasteiger partial charge in [-0.15, -0.1) is 0 Å². The van der Waals surface area contributed by atoms with E-state index < -0.39 is 0 Å². The molecule has 1 aromatic carbocycles. The molecule has 0 fully saturated rings. The van der Waals surface area contributed by atoms with Crippen LogP contribution in [0.3, 0.4) is 0 Å². The normalized spacial score (nSPS) is 10.3. The highest BCUT2D eigenvalue weighted by Crippen LogP contribution is 2.30. The van der Waals surface area contributed by atoms with Crippen LogP contribution in [0.2, 0.25) is 5.02 Å². The number of nitrogens with zero attached hydrogens (tertiary/aromatic N) is 1. The van der Waals surface area contributed by atoms with Crippen LogP contribution in [0.5, 0.6) is 5.75 Å². The van der Waals surface area contributed by atoms with Gasteiger partial charge in [0.25, 0.3) is 0 Å². The van der Waals surface area contributed by atoms with Gasteiger partial charge in [-0.05, 0) is 38.1 Å². The number of pyridine rings is 1. The summed E-state index contributed by atoms with van der Waals surface area (Å²) in [6.07, 6.45) is 0. The molecule has 0 aliphatic heterocycles. The first-order valence-electron chi connectivity index (χ1n) is 6.31. The second kappa shape index (κ2) is 6.28. The summed E-state index contributed by atoms with van der Waals surface area (Å²) in [6, 6.07) is 7.36. The van der Waals surface area contributed by atoms with Crippen LogP contribution in [0, 0.1) is 13.8 Å². The number of benzene rings is 1. The van der Waals surface area contributed by atoms with Gasteiger partial charge in [0.05, 0.1) is 23.4 Å². The Balaban J connectivity index is 2.44. The minimum atomic E-state index is 0.308. The molecule has 0 spiro atoms. The highest BCUT2D eigenvalue weighted by Gasteiger charge is 2.12. The quantitative estimate of drug-likeness (QED) is 0.840. The number of nitrogens with one attached hydrogen (secondary N) is 1. The molecule has 0 saturated heterocycles. The molecule has 0 radical (unpaired) electrons. The maximum absolute atomic E-state index is 6.13. The Morgan fingerprint density at radius 1 is 1.33 bits per heavy atom. The molecule has 0 atom stereocenters. The average molecular weight is 322 g/mol. The van der Waals surface area contributed by atoms with Crippen molar-refractivity contribution in [1.29, 1.82) is 0 Å². The van der Waals surface area contributed by atoms with E-state index in [1.165, 1.54) is 0 Å². The van der Waals surface area contributed by atoms with Crippen molar-refractivity contribution in [3.63, 3.8) is 0 Å². The van der Waals surface area contributed by atoms with Crippen LogP contribution in [-0.2, 0) is 0 Å². The molecule has 1 heterocycles. The first kappa shape index (κ1) is 15.5. The summed E-state index contributed by atoms with van der Waals surface area (Å²) in [4.78, 5) is 4.70. The maximum atomic E-state index is 6.13. The minimum absolute atomic E-state index is 0.308. The molecule has 0 aliphatic rings. The Morgan fingerprint density at radius 2 is 2.05 bits per heavy atom. The van der Waals surface area contributed by atoms with E-state index in [1.807, 2.05) is 26.0 Å². The zero-order valence-electron chi connectivity index (χ0n) is 12.0. The monoisotopic (exact) mass is 321 g/mol. The molecule has 0 amide bonds. The molecule has 3 N–H and O–H groups in total. The van der Waals surface area contributed by atoms with Crippen molar-refractivity contribution >= 4 is 40.2 Å². The first-order chi connectivity index (χ1) is 9.92. The van der Waals surface area contributed by atoms with Gasteiger partial charge in [0.15, 0.2) is 0 Å². The minimum Gasteiger partial charge on any atom is -0.495 e. The lowest BCUT2D eigenvalue weighted by Gasteiger charge is -2.15. The Kier molecular flexibility index (Phi) is 4.65. The van der Waals surface area contributed by atoms with Crippen LogP contribution in [-0.4, -0.2) is 17.1 Å². The summed E-state index contributed by atoms with van der Waals surface area (Å²) in [5, 5.41) is 3.81. The number of aromatic nitrogens is 1. The van der Waals surface area contributed by atoms with Crippen molar-refractivity contribution in [1.82, 2.24) is 4.98 Å². The van der Waals surface area contributed by atoms with Gasteiger partial charge < -0.3 is 15.8 Å². The summed E-state index contributed by atoms with van der Waals surface area (Å²) in [5.41, 5.74) is 9.85. The van der Waals surface area contributed by atoms with E-state index in [-0.39, 0.29) is 0 Å². The van der Waals surface area contributed by atoms with Gasteiger partial charge in [0.1, 0.15) is 10.7 Å². The van der Waals surface area contributed by atoms with Crippen molar-refractivity contribution in [2.45, 2.75) is 13.8 Å². The van der Waals surface area contributed by atoms with E-state index in [0.717, 1.165) is 28.3 Å². The summed E-state index contributed by atoms with van der Waals surface area (Å²) < 4.78 is 5.14. The van der Waals surface area contributed by atoms with Crippen LogP contribution in [0.1, 0.15) is 17.0 Å². The molecule has 0 unspecified atom stereocenters. The van der Waals surface area contributed by atoms with Crippen molar-refractivity contribution in [3.05, 3.63) is 46.2 Å². The molecule has 0 saturated carbocycles. The van der Waals surface area contributed by atoms with Crippen LogP contribution < -0.4 is 15.8 Å². The zero-order valence-corrected chi connectivity index (χ0v) is 13.6. The van der Waals surface area contributed by atoms with Gasteiger partial charge in [-0.3, -0.25) is 4.98 Å². The molecule has 0 aliphatic carbocycles. The van der Waals surface area contributed by atoms with Gasteiger partial charge in [-0.25, -0.2) is 0 Å². The molecule has 110 valence electrons. The summed E-state index contributed by atoms with van der Waals surface area (Å²) in [7, 11) is 1.58.